The number of rotatable bonds is 4. The van der Waals surface area contributed by atoms with E-state index in [9.17, 15) is 13.2 Å². The molecule has 0 aliphatic carbocycles. The second-order valence-electron chi connectivity index (χ2n) is 5.78. The lowest BCUT2D eigenvalue weighted by Gasteiger charge is -2.06. The highest BCUT2D eigenvalue weighted by Crippen LogP contribution is 2.29. The van der Waals surface area contributed by atoms with Gasteiger partial charge in [0.05, 0.1) is 6.54 Å². The minimum atomic E-state index is -4.68. The van der Waals surface area contributed by atoms with Crippen molar-refractivity contribution in [1.82, 2.24) is 30.3 Å². The maximum atomic E-state index is 12.6. The van der Waals surface area contributed by atoms with E-state index >= 15 is 0 Å². The zero-order valence-corrected chi connectivity index (χ0v) is 14.7. The van der Waals surface area contributed by atoms with Gasteiger partial charge in [-0.2, -0.15) is 18.2 Å². The SMILES string of the molecule is FC(F)(F)c1nc(-c2ccc(Cn3nnnc3-c3ccc(Cl)cc3)cc2)no1. The van der Waals surface area contributed by atoms with Gasteiger partial charge in [0, 0.05) is 16.1 Å². The Hall–Kier alpha value is -3.27. The zero-order chi connectivity index (χ0) is 19.7. The molecule has 11 heteroatoms. The molecular formula is C17H10ClF3N6O. The van der Waals surface area contributed by atoms with Crippen LogP contribution in [0.15, 0.2) is 53.1 Å². The highest BCUT2D eigenvalue weighted by Gasteiger charge is 2.38. The first-order valence-corrected chi connectivity index (χ1v) is 8.30. The highest BCUT2D eigenvalue weighted by atomic mass is 35.5. The molecule has 0 saturated carbocycles. The molecule has 0 amide bonds. The number of nitrogens with zero attached hydrogens (tertiary/aromatic N) is 6. The van der Waals surface area contributed by atoms with Gasteiger partial charge in [0.15, 0.2) is 5.82 Å². The number of halogens is 4. The lowest BCUT2D eigenvalue weighted by molar-refractivity contribution is -0.159. The van der Waals surface area contributed by atoms with Crippen LogP contribution in [-0.4, -0.2) is 30.3 Å². The summed E-state index contributed by atoms with van der Waals surface area (Å²) in [5, 5.41) is 15.7. The third-order valence-corrected chi connectivity index (χ3v) is 4.10. The van der Waals surface area contributed by atoms with Gasteiger partial charge in [-0.1, -0.05) is 41.0 Å². The van der Waals surface area contributed by atoms with Crippen LogP contribution < -0.4 is 0 Å². The fraction of sp³-hybridized carbons (Fsp3) is 0.118. The van der Waals surface area contributed by atoms with Crippen molar-refractivity contribution in [2.24, 2.45) is 0 Å². The highest BCUT2D eigenvalue weighted by molar-refractivity contribution is 6.30. The first-order chi connectivity index (χ1) is 13.4. The second-order valence-corrected chi connectivity index (χ2v) is 6.22. The molecule has 2 aromatic carbocycles. The van der Waals surface area contributed by atoms with Crippen LogP contribution in [0.3, 0.4) is 0 Å². The van der Waals surface area contributed by atoms with Gasteiger partial charge in [0.1, 0.15) is 0 Å². The first kappa shape index (κ1) is 18.1. The largest absolute Gasteiger partial charge is 0.471 e. The van der Waals surface area contributed by atoms with Crippen LogP contribution in [0.1, 0.15) is 11.5 Å². The predicted octanol–water partition coefficient (Wildman–Crippen LogP) is 4.11. The number of hydrogen-bond donors (Lipinski definition) is 0. The van der Waals surface area contributed by atoms with Crippen molar-refractivity contribution >= 4 is 11.6 Å². The summed E-state index contributed by atoms with van der Waals surface area (Å²) in [5.41, 5.74) is 2.04. The van der Waals surface area contributed by atoms with E-state index in [0.717, 1.165) is 11.1 Å². The fourth-order valence-electron chi connectivity index (χ4n) is 2.50. The van der Waals surface area contributed by atoms with E-state index in [4.69, 9.17) is 11.6 Å². The van der Waals surface area contributed by atoms with Crippen LogP contribution in [-0.2, 0) is 12.7 Å². The van der Waals surface area contributed by atoms with Gasteiger partial charge >= 0.3 is 12.1 Å². The Labute approximate surface area is 160 Å². The molecule has 0 atom stereocenters. The molecule has 0 bridgehead atoms. The summed E-state index contributed by atoms with van der Waals surface area (Å²) >= 11 is 5.90. The average Bonchev–Trinajstić information content (AvgIpc) is 3.33. The summed E-state index contributed by atoms with van der Waals surface area (Å²) in [7, 11) is 0. The van der Waals surface area contributed by atoms with Crippen LogP contribution in [0, 0.1) is 0 Å². The van der Waals surface area contributed by atoms with E-state index in [0.29, 0.717) is 23.0 Å². The van der Waals surface area contributed by atoms with E-state index in [-0.39, 0.29) is 5.82 Å². The molecule has 0 saturated heterocycles. The number of tetrazole rings is 1. The molecule has 142 valence electrons. The molecule has 0 radical (unpaired) electrons. The number of benzene rings is 2. The van der Waals surface area contributed by atoms with E-state index in [1.165, 1.54) is 0 Å². The van der Waals surface area contributed by atoms with E-state index in [2.05, 4.69) is 30.2 Å². The quantitative estimate of drug-likeness (QED) is 0.507. The van der Waals surface area contributed by atoms with Crippen LogP contribution in [0.5, 0.6) is 0 Å². The topological polar surface area (TPSA) is 82.5 Å². The summed E-state index contributed by atoms with van der Waals surface area (Å²) in [6.45, 7) is 0.366. The molecule has 0 aliphatic heterocycles. The fourth-order valence-corrected chi connectivity index (χ4v) is 2.63. The van der Waals surface area contributed by atoms with Gasteiger partial charge in [-0.05, 0) is 40.3 Å². The lowest BCUT2D eigenvalue weighted by atomic mass is 10.1. The minimum absolute atomic E-state index is 0.136. The zero-order valence-electron chi connectivity index (χ0n) is 13.9. The Balaban J connectivity index is 1.54. The molecule has 4 aromatic rings. The van der Waals surface area contributed by atoms with Gasteiger partial charge in [0.2, 0.25) is 5.82 Å². The normalized spacial score (nSPS) is 11.7. The van der Waals surface area contributed by atoms with E-state index < -0.39 is 12.1 Å². The molecule has 0 aliphatic rings. The predicted molar refractivity (Wildman–Crippen MR) is 92.1 cm³/mol. The monoisotopic (exact) mass is 406 g/mol. The maximum Gasteiger partial charge on any atom is 0.471 e. The van der Waals surface area contributed by atoms with Crippen LogP contribution in [0.4, 0.5) is 13.2 Å². The lowest BCUT2D eigenvalue weighted by Crippen LogP contribution is -2.05. The van der Waals surface area contributed by atoms with Crippen LogP contribution >= 0.6 is 11.6 Å². The Morgan fingerprint density at radius 3 is 2.29 bits per heavy atom. The van der Waals surface area contributed by atoms with Gasteiger partial charge in [0.25, 0.3) is 0 Å². The molecule has 0 N–H and O–H groups in total. The maximum absolute atomic E-state index is 12.6. The number of hydrogen-bond acceptors (Lipinski definition) is 6. The summed E-state index contributed by atoms with van der Waals surface area (Å²) in [6, 6.07) is 13.8. The van der Waals surface area contributed by atoms with Crippen molar-refractivity contribution in [2.45, 2.75) is 12.7 Å². The Morgan fingerprint density at radius 2 is 1.64 bits per heavy atom. The standard InChI is InChI=1S/C17H10ClF3N6O/c18-13-7-5-12(6-8-13)15-23-25-26-27(15)9-10-1-3-11(4-2-10)14-22-16(28-24-14)17(19,20)21/h1-8H,9H2. The Kier molecular flexibility index (Phi) is 4.55. The summed E-state index contributed by atoms with van der Waals surface area (Å²) < 4.78 is 43.6. The van der Waals surface area contributed by atoms with E-state index in [1.54, 1.807) is 41.1 Å². The average molecular weight is 407 g/mol. The molecule has 0 unspecified atom stereocenters. The summed E-state index contributed by atoms with van der Waals surface area (Å²) in [4.78, 5) is 3.37. The van der Waals surface area contributed by atoms with Crippen molar-refractivity contribution in [1.29, 1.82) is 0 Å². The summed E-state index contributed by atoms with van der Waals surface area (Å²) in [5.74, 6) is -0.954. The van der Waals surface area contributed by atoms with Crippen molar-refractivity contribution in [2.75, 3.05) is 0 Å². The van der Waals surface area contributed by atoms with Crippen molar-refractivity contribution in [3.05, 3.63) is 65.0 Å². The Bertz CT molecular complexity index is 1090. The number of aromatic nitrogens is 6. The molecule has 28 heavy (non-hydrogen) atoms. The van der Waals surface area contributed by atoms with Gasteiger partial charge in [-0.15, -0.1) is 5.10 Å². The van der Waals surface area contributed by atoms with Crippen molar-refractivity contribution < 1.29 is 17.7 Å². The van der Waals surface area contributed by atoms with Crippen LogP contribution in [0.2, 0.25) is 5.02 Å². The molecule has 4 rings (SSSR count). The molecule has 7 nitrogen and oxygen atoms in total. The minimum Gasteiger partial charge on any atom is -0.329 e. The second kappa shape index (κ2) is 7.04. The molecular weight excluding hydrogens is 397 g/mol. The van der Waals surface area contributed by atoms with Crippen molar-refractivity contribution in [3.8, 4) is 22.8 Å². The van der Waals surface area contributed by atoms with Gasteiger partial charge in [-0.3, -0.25) is 0 Å². The van der Waals surface area contributed by atoms with Gasteiger partial charge < -0.3 is 4.52 Å². The van der Waals surface area contributed by atoms with Crippen LogP contribution in [0.25, 0.3) is 22.8 Å². The summed E-state index contributed by atoms with van der Waals surface area (Å²) in [6.07, 6.45) is -4.68. The first-order valence-electron chi connectivity index (χ1n) is 7.92. The molecule has 2 aromatic heterocycles. The van der Waals surface area contributed by atoms with Gasteiger partial charge in [-0.25, -0.2) is 4.68 Å². The molecule has 0 fully saturated rings. The molecule has 0 spiro atoms. The molecule has 2 heterocycles. The van der Waals surface area contributed by atoms with Crippen molar-refractivity contribution in [3.63, 3.8) is 0 Å². The van der Waals surface area contributed by atoms with E-state index in [1.807, 2.05) is 12.1 Å². The smallest absolute Gasteiger partial charge is 0.329 e. The number of alkyl halides is 3. The Morgan fingerprint density at radius 1 is 0.964 bits per heavy atom. The third-order valence-electron chi connectivity index (χ3n) is 3.85. The third kappa shape index (κ3) is 3.72.